The highest BCUT2D eigenvalue weighted by molar-refractivity contribution is 7.26. The number of nitrogens with zero attached hydrogens (tertiary/aromatic N) is 4. The fourth-order valence-corrected chi connectivity index (χ4v) is 7.49. The summed E-state index contributed by atoms with van der Waals surface area (Å²) >= 11 is 1.56. The Hall–Kier alpha value is -6.43. The topological polar surface area (TPSA) is 43.6 Å². The molecule has 0 unspecified atom stereocenters. The van der Waals surface area contributed by atoms with Crippen LogP contribution in [0.15, 0.2) is 169 Å². The monoisotopic (exact) mass is 672 g/mol. The minimum absolute atomic E-state index is 0.00458. The zero-order chi connectivity index (χ0) is 46.9. The quantitative estimate of drug-likeness (QED) is 0.183. The van der Waals surface area contributed by atoms with E-state index in [9.17, 15) is 2.74 Å². The van der Waals surface area contributed by atoms with Crippen LogP contribution in [0.5, 0.6) is 0 Å². The van der Waals surface area contributed by atoms with Gasteiger partial charge in [0.15, 0.2) is 17.5 Å². The molecule has 0 fully saturated rings. The lowest BCUT2D eigenvalue weighted by Gasteiger charge is -2.16. The summed E-state index contributed by atoms with van der Waals surface area (Å²) in [6.07, 6.45) is 0. The molecule has 0 radical (unpaired) electrons. The molecule has 4 nitrogen and oxygen atoms in total. The standard InChI is InChI=1S/C45H28N4S/c1-3-14-29(15-4-1)43-46-44(30-16-5-2-6-17-30)48-45(47-43)37-28-31(32-21-13-22-36-35-20-9-12-25-41(35)50-42(32)36)26-27-40(37)49-38-23-10-7-18-33(38)34-19-8-11-24-39(34)49/h1-28H/i1D,2D,3D,4D,5D,6D,7D,8D,14D,15D,16D,17D,18D,19D,23D,24D. The predicted octanol–water partition coefficient (Wildman–Crippen LogP) is 12.0. The summed E-state index contributed by atoms with van der Waals surface area (Å²) in [6.45, 7) is 0. The van der Waals surface area contributed by atoms with Gasteiger partial charge in [0.05, 0.1) is 38.7 Å². The van der Waals surface area contributed by atoms with Crippen LogP contribution >= 0.6 is 11.3 Å². The Balaban J connectivity index is 1.40. The summed E-state index contributed by atoms with van der Waals surface area (Å²) in [6, 6.07) is 12.2. The molecule has 10 aromatic rings. The molecule has 0 aliphatic heterocycles. The number of hydrogen-bond acceptors (Lipinski definition) is 4. The second kappa shape index (κ2) is 11.6. The van der Waals surface area contributed by atoms with Crippen LogP contribution in [0, 0.1) is 0 Å². The summed E-state index contributed by atoms with van der Waals surface area (Å²) in [5, 5.41) is 1.93. The lowest BCUT2D eigenvalue weighted by Crippen LogP contribution is -2.04. The highest BCUT2D eigenvalue weighted by Crippen LogP contribution is 2.42. The van der Waals surface area contributed by atoms with Gasteiger partial charge in [-0.2, -0.15) is 0 Å². The second-order valence-corrected chi connectivity index (χ2v) is 12.3. The first-order valence-electron chi connectivity index (χ1n) is 23.4. The smallest absolute Gasteiger partial charge is 0.166 e. The van der Waals surface area contributed by atoms with Crippen LogP contribution in [-0.4, -0.2) is 19.5 Å². The largest absolute Gasteiger partial charge is 0.309 e. The normalized spacial score (nSPS) is 16.1. The van der Waals surface area contributed by atoms with Gasteiger partial charge >= 0.3 is 0 Å². The molecule has 0 spiro atoms. The van der Waals surface area contributed by atoms with Gasteiger partial charge in [-0.25, -0.2) is 15.0 Å². The first kappa shape index (κ1) is 16.8. The highest BCUT2D eigenvalue weighted by atomic mass is 32.1. The molecule has 0 saturated heterocycles. The van der Waals surface area contributed by atoms with Gasteiger partial charge < -0.3 is 4.57 Å². The van der Waals surface area contributed by atoms with E-state index in [1.807, 2.05) is 42.5 Å². The minimum atomic E-state index is -0.715. The van der Waals surface area contributed by atoms with Crippen LogP contribution < -0.4 is 0 Å². The van der Waals surface area contributed by atoms with E-state index in [1.54, 1.807) is 29.5 Å². The summed E-state index contributed by atoms with van der Waals surface area (Å²) in [4.78, 5) is 13.9. The molecule has 234 valence electrons. The van der Waals surface area contributed by atoms with Gasteiger partial charge in [-0.3, -0.25) is 0 Å². The molecule has 10 rings (SSSR count). The number of fused-ring (bicyclic) bond motifs is 6. The van der Waals surface area contributed by atoms with E-state index in [0.717, 1.165) is 37.9 Å². The van der Waals surface area contributed by atoms with Gasteiger partial charge in [-0.05, 0) is 41.4 Å². The van der Waals surface area contributed by atoms with Crippen LogP contribution in [-0.2, 0) is 0 Å². The lowest BCUT2D eigenvalue weighted by atomic mass is 9.99. The highest BCUT2D eigenvalue weighted by Gasteiger charge is 2.21. The van der Waals surface area contributed by atoms with E-state index in [2.05, 4.69) is 4.98 Å². The fourth-order valence-electron chi connectivity index (χ4n) is 6.25. The third kappa shape index (κ3) is 4.63. The van der Waals surface area contributed by atoms with Gasteiger partial charge in [0.25, 0.3) is 0 Å². The predicted molar refractivity (Wildman–Crippen MR) is 209 cm³/mol. The lowest BCUT2D eigenvalue weighted by molar-refractivity contribution is 1.06. The van der Waals surface area contributed by atoms with Crippen molar-refractivity contribution in [1.82, 2.24) is 19.5 Å². The first-order chi connectivity index (χ1) is 31.4. The van der Waals surface area contributed by atoms with Gasteiger partial charge in [-0.15, -0.1) is 11.3 Å². The summed E-state index contributed by atoms with van der Waals surface area (Å²) in [5.74, 6) is -1.31. The molecule has 0 aliphatic carbocycles. The zero-order valence-corrected chi connectivity index (χ0v) is 26.4. The maximum Gasteiger partial charge on any atom is 0.166 e. The van der Waals surface area contributed by atoms with Crippen LogP contribution in [0.1, 0.15) is 21.9 Å². The van der Waals surface area contributed by atoms with Crippen LogP contribution in [0.3, 0.4) is 0 Å². The third-order valence-corrected chi connectivity index (χ3v) is 9.62. The summed E-state index contributed by atoms with van der Waals surface area (Å²) in [5.41, 5.74) is 0.606. The Kier molecular flexibility index (Phi) is 3.90. The average Bonchev–Trinajstić information content (AvgIpc) is 3.88. The molecule has 0 atom stereocenters. The molecule has 0 aliphatic rings. The third-order valence-electron chi connectivity index (χ3n) is 8.40. The molecular weight excluding hydrogens is 629 g/mol. The molecule has 0 saturated carbocycles. The minimum Gasteiger partial charge on any atom is -0.309 e. The van der Waals surface area contributed by atoms with E-state index in [4.69, 9.17) is 29.2 Å². The van der Waals surface area contributed by atoms with Crippen molar-refractivity contribution >= 4 is 53.3 Å². The second-order valence-electron chi connectivity index (χ2n) is 11.2. The average molecular weight is 673 g/mol. The molecular formula is C45H28N4S. The molecule has 50 heavy (non-hydrogen) atoms. The van der Waals surface area contributed by atoms with Crippen LogP contribution in [0.25, 0.3) is 93.0 Å². The van der Waals surface area contributed by atoms with Crippen molar-refractivity contribution in [2.75, 3.05) is 0 Å². The molecule has 0 bridgehead atoms. The maximum absolute atomic E-state index is 9.20. The van der Waals surface area contributed by atoms with E-state index >= 15 is 0 Å². The first-order valence-corrected chi connectivity index (χ1v) is 16.2. The number of aromatic nitrogens is 4. The van der Waals surface area contributed by atoms with E-state index in [-0.39, 0.29) is 75.1 Å². The summed E-state index contributed by atoms with van der Waals surface area (Å²) < 4.78 is 143. The Bertz CT molecular complexity index is 3590. The Morgan fingerprint density at radius 2 is 1.08 bits per heavy atom. The van der Waals surface area contributed by atoms with Crippen molar-refractivity contribution in [2.45, 2.75) is 0 Å². The SMILES string of the molecule is [2H]c1cc([2H])c2c(c1[2H])c1c([2H])c([2H])cc([2H])c1n2-c1ccc(-c2cccc3c2sc2ccccc23)cc1-c1nc(-c2c([2H])c([2H])c([2H])c([2H])c2[2H])nc(-c2c([2H])c([2H])c([2H])c([2H])c2[2H])n1. The Morgan fingerprint density at radius 1 is 0.460 bits per heavy atom. The van der Waals surface area contributed by atoms with Crippen molar-refractivity contribution in [2.24, 2.45) is 0 Å². The zero-order valence-electron chi connectivity index (χ0n) is 41.6. The number of hydrogen-bond donors (Lipinski definition) is 0. The van der Waals surface area contributed by atoms with Crippen molar-refractivity contribution < 1.29 is 21.9 Å². The van der Waals surface area contributed by atoms with Gasteiger partial charge in [0, 0.05) is 47.6 Å². The van der Waals surface area contributed by atoms with Crippen LogP contribution in [0.2, 0.25) is 0 Å². The van der Waals surface area contributed by atoms with Crippen LogP contribution in [0.4, 0.5) is 0 Å². The van der Waals surface area contributed by atoms with E-state index in [1.165, 1.54) is 4.57 Å². The molecule has 3 heterocycles. The number of para-hydroxylation sites is 2. The Labute approximate surface area is 315 Å². The number of benzene rings is 7. The molecule has 5 heteroatoms. The van der Waals surface area contributed by atoms with Gasteiger partial charge in [0.1, 0.15) is 0 Å². The number of thiophene rings is 1. The van der Waals surface area contributed by atoms with Crippen molar-refractivity contribution in [3.8, 4) is 51.0 Å². The van der Waals surface area contributed by atoms with Crippen molar-refractivity contribution in [1.29, 1.82) is 0 Å². The van der Waals surface area contributed by atoms with Crippen molar-refractivity contribution in [3.63, 3.8) is 0 Å². The van der Waals surface area contributed by atoms with E-state index < -0.39 is 83.2 Å². The molecule has 0 N–H and O–H groups in total. The van der Waals surface area contributed by atoms with Gasteiger partial charge in [0.2, 0.25) is 0 Å². The summed E-state index contributed by atoms with van der Waals surface area (Å²) in [7, 11) is 0. The maximum atomic E-state index is 9.20. The van der Waals surface area contributed by atoms with Crippen molar-refractivity contribution in [3.05, 3.63) is 169 Å². The van der Waals surface area contributed by atoms with E-state index in [0.29, 0.717) is 5.56 Å². The molecule has 3 aromatic heterocycles. The van der Waals surface area contributed by atoms with Gasteiger partial charge in [-0.1, -0.05) is 139 Å². The molecule has 7 aromatic carbocycles. The molecule has 0 amide bonds. The number of rotatable bonds is 5. The fraction of sp³-hybridized carbons (Fsp3) is 0. The Morgan fingerprint density at radius 3 is 1.76 bits per heavy atom.